The van der Waals surface area contributed by atoms with E-state index in [1.54, 1.807) is 0 Å². The summed E-state index contributed by atoms with van der Waals surface area (Å²) in [6.45, 7) is 4.15. The first-order valence-corrected chi connectivity index (χ1v) is 6.24. The number of hydrogen-bond donors (Lipinski definition) is 1. The molecule has 0 aliphatic carbocycles. The smallest absolute Gasteiger partial charge is 0.0933 e. The fourth-order valence-corrected chi connectivity index (χ4v) is 1.87. The van der Waals surface area contributed by atoms with Gasteiger partial charge in [0.05, 0.1) is 19.3 Å². The number of pyridine rings is 1. The Balaban J connectivity index is 1.51. The molecule has 1 fully saturated rings. The maximum absolute atomic E-state index is 5.61. The topological polar surface area (TPSA) is 43.4 Å². The Morgan fingerprint density at radius 2 is 2.29 bits per heavy atom. The second-order valence-corrected chi connectivity index (χ2v) is 4.23. The highest BCUT2D eigenvalue weighted by Gasteiger charge is 2.12. The van der Waals surface area contributed by atoms with Crippen molar-refractivity contribution in [1.29, 1.82) is 0 Å². The van der Waals surface area contributed by atoms with Gasteiger partial charge in [-0.15, -0.1) is 0 Å². The average Bonchev–Trinajstić information content (AvgIpc) is 2.41. The average molecular weight is 236 g/mol. The van der Waals surface area contributed by atoms with Crippen LogP contribution in [0.4, 0.5) is 0 Å². The van der Waals surface area contributed by atoms with Gasteiger partial charge in [-0.05, 0) is 30.5 Å². The molecule has 1 aromatic heterocycles. The van der Waals surface area contributed by atoms with Gasteiger partial charge in [0.15, 0.2) is 0 Å². The minimum Gasteiger partial charge on any atom is -0.379 e. The molecule has 0 amide bonds. The van der Waals surface area contributed by atoms with Crippen molar-refractivity contribution in [2.75, 3.05) is 32.9 Å². The molecule has 2 heterocycles. The van der Waals surface area contributed by atoms with Crippen LogP contribution in [0.15, 0.2) is 24.5 Å². The highest BCUT2D eigenvalue weighted by molar-refractivity contribution is 5.09. The van der Waals surface area contributed by atoms with Crippen LogP contribution >= 0.6 is 0 Å². The second-order valence-electron chi connectivity index (χ2n) is 4.23. The van der Waals surface area contributed by atoms with Crippen LogP contribution in [0.5, 0.6) is 0 Å². The van der Waals surface area contributed by atoms with Crippen LogP contribution in [0.25, 0.3) is 0 Å². The lowest BCUT2D eigenvalue weighted by atomic mass is 10.1. The van der Waals surface area contributed by atoms with Gasteiger partial charge in [-0.1, -0.05) is 0 Å². The highest BCUT2D eigenvalue weighted by atomic mass is 16.5. The first kappa shape index (κ1) is 12.5. The standard InChI is InChI=1S/C13H20N2O2/c1(2-12-3-5-14-6-4-12)8-16-11-13-10-15-7-9-17-13/h3-6,13,15H,1-2,7-11H2. The van der Waals surface area contributed by atoms with Crippen molar-refractivity contribution < 1.29 is 9.47 Å². The minimum atomic E-state index is 0.227. The third kappa shape index (κ3) is 4.81. The van der Waals surface area contributed by atoms with E-state index in [-0.39, 0.29) is 6.10 Å². The molecule has 1 aliphatic heterocycles. The lowest BCUT2D eigenvalue weighted by Crippen LogP contribution is -2.41. The molecule has 1 aliphatic rings. The lowest BCUT2D eigenvalue weighted by molar-refractivity contribution is -0.0316. The molecule has 1 N–H and O–H groups in total. The third-order valence-electron chi connectivity index (χ3n) is 2.81. The molecular weight excluding hydrogens is 216 g/mol. The van der Waals surface area contributed by atoms with Crippen LogP contribution in [-0.2, 0) is 15.9 Å². The van der Waals surface area contributed by atoms with Crippen molar-refractivity contribution in [3.05, 3.63) is 30.1 Å². The summed E-state index contributed by atoms with van der Waals surface area (Å²) in [7, 11) is 0. The predicted molar refractivity (Wildman–Crippen MR) is 66.0 cm³/mol. The number of morpholine rings is 1. The predicted octanol–water partition coefficient (Wildman–Crippen LogP) is 1.02. The Bertz CT molecular complexity index is 300. The molecule has 0 radical (unpaired) electrons. The molecular formula is C13H20N2O2. The van der Waals surface area contributed by atoms with Crippen molar-refractivity contribution in [3.63, 3.8) is 0 Å². The molecule has 1 unspecified atom stereocenters. The maximum Gasteiger partial charge on any atom is 0.0933 e. The van der Waals surface area contributed by atoms with Crippen LogP contribution in [0, 0.1) is 0 Å². The number of ether oxygens (including phenoxy) is 2. The van der Waals surface area contributed by atoms with E-state index in [1.807, 2.05) is 24.5 Å². The molecule has 2 rings (SSSR count). The van der Waals surface area contributed by atoms with E-state index >= 15 is 0 Å². The summed E-state index contributed by atoms with van der Waals surface area (Å²) in [4.78, 5) is 4.00. The van der Waals surface area contributed by atoms with Crippen LogP contribution < -0.4 is 5.32 Å². The van der Waals surface area contributed by atoms with E-state index in [4.69, 9.17) is 9.47 Å². The lowest BCUT2D eigenvalue weighted by Gasteiger charge is -2.23. The number of nitrogens with zero attached hydrogens (tertiary/aromatic N) is 1. The van der Waals surface area contributed by atoms with Gasteiger partial charge in [-0.3, -0.25) is 4.98 Å². The van der Waals surface area contributed by atoms with Gasteiger partial charge in [0.2, 0.25) is 0 Å². The van der Waals surface area contributed by atoms with Crippen molar-refractivity contribution >= 4 is 0 Å². The molecule has 94 valence electrons. The zero-order valence-electron chi connectivity index (χ0n) is 10.1. The third-order valence-corrected chi connectivity index (χ3v) is 2.81. The van der Waals surface area contributed by atoms with Crippen LogP contribution in [0.3, 0.4) is 0 Å². The van der Waals surface area contributed by atoms with Crippen LogP contribution in [-0.4, -0.2) is 44.0 Å². The van der Waals surface area contributed by atoms with Gasteiger partial charge in [0, 0.05) is 32.1 Å². The van der Waals surface area contributed by atoms with E-state index in [0.29, 0.717) is 6.61 Å². The Hall–Kier alpha value is -0.970. The Kier molecular flexibility index (Phi) is 5.42. The van der Waals surface area contributed by atoms with E-state index in [0.717, 1.165) is 39.1 Å². The van der Waals surface area contributed by atoms with Gasteiger partial charge in [-0.2, -0.15) is 0 Å². The summed E-state index contributed by atoms with van der Waals surface area (Å²) in [6.07, 6.45) is 5.98. The largest absolute Gasteiger partial charge is 0.379 e. The number of rotatable bonds is 6. The monoisotopic (exact) mass is 236 g/mol. The zero-order valence-corrected chi connectivity index (χ0v) is 10.1. The SMILES string of the molecule is c1cc(CCCOCC2CNCCO2)ccn1. The van der Waals surface area contributed by atoms with Crippen molar-refractivity contribution in [2.45, 2.75) is 18.9 Å². The van der Waals surface area contributed by atoms with Crippen LogP contribution in [0.2, 0.25) is 0 Å². The molecule has 0 bridgehead atoms. The van der Waals surface area contributed by atoms with Gasteiger partial charge < -0.3 is 14.8 Å². The number of nitrogens with one attached hydrogen (secondary N) is 1. The molecule has 4 nitrogen and oxygen atoms in total. The number of hydrogen-bond acceptors (Lipinski definition) is 4. The fraction of sp³-hybridized carbons (Fsp3) is 0.615. The molecule has 1 saturated heterocycles. The van der Waals surface area contributed by atoms with E-state index in [1.165, 1.54) is 5.56 Å². The second kappa shape index (κ2) is 7.37. The first-order chi connectivity index (χ1) is 8.45. The zero-order chi connectivity index (χ0) is 11.8. The Morgan fingerprint density at radius 1 is 1.41 bits per heavy atom. The molecule has 1 aromatic rings. The molecule has 0 saturated carbocycles. The van der Waals surface area contributed by atoms with Crippen molar-refractivity contribution in [3.8, 4) is 0 Å². The summed E-state index contributed by atoms with van der Waals surface area (Å²) in [6, 6.07) is 4.10. The van der Waals surface area contributed by atoms with Crippen molar-refractivity contribution in [2.24, 2.45) is 0 Å². The van der Waals surface area contributed by atoms with E-state index in [9.17, 15) is 0 Å². The molecule has 17 heavy (non-hydrogen) atoms. The number of aryl methyl sites for hydroxylation is 1. The van der Waals surface area contributed by atoms with Gasteiger partial charge >= 0.3 is 0 Å². The highest BCUT2D eigenvalue weighted by Crippen LogP contribution is 2.02. The quantitative estimate of drug-likeness (QED) is 0.749. The summed E-state index contributed by atoms with van der Waals surface area (Å²) in [5.41, 5.74) is 1.32. The van der Waals surface area contributed by atoms with Gasteiger partial charge in [-0.25, -0.2) is 0 Å². The van der Waals surface area contributed by atoms with Gasteiger partial charge in [0.25, 0.3) is 0 Å². The normalized spacial score (nSPS) is 20.4. The Morgan fingerprint density at radius 3 is 3.06 bits per heavy atom. The molecule has 0 aromatic carbocycles. The van der Waals surface area contributed by atoms with E-state index in [2.05, 4.69) is 10.3 Å². The molecule has 4 heteroatoms. The minimum absolute atomic E-state index is 0.227. The fourth-order valence-electron chi connectivity index (χ4n) is 1.87. The number of aromatic nitrogens is 1. The molecule has 1 atom stereocenters. The van der Waals surface area contributed by atoms with Gasteiger partial charge in [0.1, 0.15) is 0 Å². The summed E-state index contributed by atoms with van der Waals surface area (Å²) >= 11 is 0. The van der Waals surface area contributed by atoms with Crippen molar-refractivity contribution in [1.82, 2.24) is 10.3 Å². The van der Waals surface area contributed by atoms with E-state index < -0.39 is 0 Å². The summed E-state index contributed by atoms with van der Waals surface area (Å²) in [5.74, 6) is 0. The Labute approximate surface area is 102 Å². The summed E-state index contributed by atoms with van der Waals surface area (Å²) < 4.78 is 11.2. The molecule has 0 spiro atoms. The maximum atomic E-state index is 5.61. The van der Waals surface area contributed by atoms with Crippen LogP contribution in [0.1, 0.15) is 12.0 Å². The first-order valence-electron chi connectivity index (χ1n) is 6.24. The summed E-state index contributed by atoms with van der Waals surface area (Å²) in [5, 5.41) is 3.29.